The van der Waals surface area contributed by atoms with Crippen LogP contribution < -0.4 is 55.7 Å². The number of piperidine rings is 1. The minimum atomic E-state index is -0.858. The molecule has 2 saturated heterocycles. The number of nitrogens with two attached hydrogens (primary N) is 6. The number of aromatic nitrogens is 6. The molecule has 0 radical (unpaired) electrons. The van der Waals surface area contributed by atoms with Crippen LogP contribution in [0.5, 0.6) is 0 Å². The number of nitrogens with zero attached hydrogens (tertiary/aromatic N) is 7. The van der Waals surface area contributed by atoms with E-state index in [0.29, 0.717) is 110 Å². The summed E-state index contributed by atoms with van der Waals surface area (Å²) in [6, 6.07) is 45.6. The van der Waals surface area contributed by atoms with Gasteiger partial charge < -0.3 is 69.8 Å². The molecule has 574 valence electrons. The Morgan fingerprint density at radius 3 is 1.25 bits per heavy atom. The lowest BCUT2D eigenvalue weighted by Gasteiger charge is -2.26. The summed E-state index contributed by atoms with van der Waals surface area (Å²) in [5.74, 6) is -2.83. The van der Waals surface area contributed by atoms with Gasteiger partial charge in [0.05, 0.1) is 35.4 Å². The Labute approximate surface area is 642 Å². The van der Waals surface area contributed by atoms with Crippen LogP contribution in [0.3, 0.4) is 0 Å². The number of rotatable bonds is 18. The van der Waals surface area contributed by atoms with Crippen LogP contribution in [-0.4, -0.2) is 122 Å². The van der Waals surface area contributed by atoms with Crippen LogP contribution in [0.2, 0.25) is 0 Å². The van der Waals surface area contributed by atoms with Crippen LogP contribution in [0.4, 0.5) is 40.8 Å². The average Bonchev–Trinajstić information content (AvgIpc) is 1.17. The van der Waals surface area contributed by atoms with E-state index < -0.39 is 29.7 Å². The van der Waals surface area contributed by atoms with Crippen LogP contribution in [-0.2, 0) is 20.9 Å². The third-order valence-electron chi connectivity index (χ3n) is 18.8. The summed E-state index contributed by atoms with van der Waals surface area (Å²) >= 11 is 0. The lowest BCUT2D eigenvalue weighted by atomic mass is 9.99. The predicted octanol–water partition coefficient (Wildman–Crippen LogP) is 11.0. The molecule has 16 N–H and O–H groups in total. The molecule has 0 saturated carbocycles. The van der Waals surface area contributed by atoms with Crippen molar-refractivity contribution in [1.82, 2.24) is 56.2 Å². The van der Waals surface area contributed by atoms with E-state index in [1.165, 1.54) is 80.2 Å². The number of nitrogens with one attached hydrogen (secondary N) is 4. The first-order valence-corrected chi connectivity index (χ1v) is 35.6. The fourth-order valence-corrected chi connectivity index (χ4v) is 12.8. The van der Waals surface area contributed by atoms with Crippen molar-refractivity contribution in [3.05, 3.63) is 252 Å². The second-order valence-electron chi connectivity index (χ2n) is 26.5. The van der Waals surface area contributed by atoms with Crippen molar-refractivity contribution in [2.75, 3.05) is 62.3 Å². The van der Waals surface area contributed by atoms with Crippen LogP contribution in [0.15, 0.2) is 199 Å². The highest BCUT2D eigenvalue weighted by Gasteiger charge is 2.24. The van der Waals surface area contributed by atoms with Crippen LogP contribution in [0.25, 0.3) is 87.6 Å². The quantitative estimate of drug-likeness (QED) is 0.0357. The maximum absolute atomic E-state index is 13.6. The molecular formula is C83H75F4N17O9. The maximum atomic E-state index is 13.6. The zero-order chi connectivity index (χ0) is 80.0. The van der Waals surface area contributed by atoms with E-state index in [0.717, 1.165) is 71.2 Å². The Morgan fingerprint density at radius 1 is 0.496 bits per heavy atom. The number of anilines is 4. The largest absolute Gasteiger partial charge is 0.383 e. The van der Waals surface area contributed by atoms with Gasteiger partial charge in [-0.05, 0) is 165 Å². The first kappa shape index (κ1) is 78.3. The topological polar surface area (TPSA) is 427 Å². The highest BCUT2D eigenvalue weighted by molar-refractivity contribution is 6.13. The summed E-state index contributed by atoms with van der Waals surface area (Å²) in [4.78, 5) is 107. The Balaban J connectivity index is 0.000000140. The average molecular weight is 1530 g/mol. The summed E-state index contributed by atoms with van der Waals surface area (Å²) in [5, 5.41) is 19.5. The monoisotopic (exact) mass is 1530 g/mol. The van der Waals surface area contributed by atoms with Gasteiger partial charge in [0, 0.05) is 91.5 Å². The van der Waals surface area contributed by atoms with Gasteiger partial charge in [-0.1, -0.05) is 102 Å². The number of amides is 7. The molecule has 13 aromatic rings. The smallest absolute Gasteiger partial charge is 0.315 e. The van der Waals surface area contributed by atoms with E-state index in [9.17, 15) is 51.1 Å². The van der Waals surface area contributed by atoms with Crippen molar-refractivity contribution in [2.45, 2.75) is 45.2 Å². The lowest BCUT2D eigenvalue weighted by Crippen LogP contribution is -2.42. The molecule has 2 aliphatic rings. The molecule has 5 aromatic heterocycles. The van der Waals surface area contributed by atoms with Gasteiger partial charge in [0.15, 0.2) is 5.82 Å². The molecule has 7 heterocycles. The molecule has 2 fully saturated rings. The molecule has 7 amide bonds. The highest BCUT2D eigenvalue weighted by Crippen LogP contribution is 2.35. The number of fused-ring (bicyclic) bond motifs is 4. The summed E-state index contributed by atoms with van der Waals surface area (Å²) < 4.78 is 64.1. The van der Waals surface area contributed by atoms with Gasteiger partial charge in [-0.25, -0.2) is 37.5 Å². The molecule has 0 spiro atoms. The Bertz CT molecular complexity index is 5830. The fraction of sp³-hybridized carbons (Fsp3) is 0.169. The molecule has 0 aliphatic carbocycles. The molecule has 15 rings (SSSR count). The number of halogens is 4. The summed E-state index contributed by atoms with van der Waals surface area (Å²) in [6.45, 7) is 5.02. The molecule has 30 heteroatoms. The predicted molar refractivity (Wildman–Crippen MR) is 420 cm³/mol. The SMILES string of the molecule is C[C@@H](NC(=O)c1cnc(N)c2cc(-c3cccc(F)c3)ccc12)C(N)=O.NC(=O)c1nc(CNC(=O)c2cnc(N)c3cc(-c4cccc(F)c4)ccc23)no1.Nc1ncc(C(=O)NCC2CCOC2)c2ccc(-c3cccc(F)c3)cc12.Nc1ncc(C(=O)NCCN2CCCCC2=O)c2ccc(-c3cccc(F)c3)cc12. The minimum absolute atomic E-state index is 0.0805. The third-order valence-corrected chi connectivity index (χ3v) is 18.8. The first-order chi connectivity index (χ1) is 54.4. The van der Waals surface area contributed by atoms with Crippen LogP contribution in [0, 0.1) is 29.2 Å². The molecule has 0 bridgehead atoms. The van der Waals surface area contributed by atoms with E-state index in [1.807, 2.05) is 42.5 Å². The summed E-state index contributed by atoms with van der Waals surface area (Å²) in [5.41, 5.74) is 41.6. The molecular weight excluding hydrogens is 1460 g/mol. The van der Waals surface area contributed by atoms with Gasteiger partial charge in [0.25, 0.3) is 23.6 Å². The van der Waals surface area contributed by atoms with Crippen LogP contribution in [0.1, 0.15) is 90.5 Å². The number of likely N-dealkylation sites (tertiary alicyclic amines) is 1. The second-order valence-corrected chi connectivity index (χ2v) is 26.5. The third kappa shape index (κ3) is 19.1. The van der Waals surface area contributed by atoms with E-state index in [-0.39, 0.29) is 82.0 Å². The zero-order valence-electron chi connectivity index (χ0n) is 60.7. The number of primary amides is 2. The standard InChI is InChI=1S/C23H23FN4O2.C21H20FN3O2.C20H15FN6O3.C19H17FN4O2/c24-17-5-3-4-15(12-17)16-7-8-18-19(13-16)22(25)27-14-20(18)23(30)26-9-11-28-10-2-1-6-21(28)29;22-16-3-1-2-14(8-16)15-4-5-17-18(9-15)20(23)24-11-19(17)21(26)25-10-13-6-7-27-12-13;21-12-3-1-2-10(6-12)11-4-5-13-14(7-11)17(22)24-8-15(13)19(29)25-9-16-26-20(18(23)28)30-27-16;1-10(18(22)25)24-19(26)16-9-23-17(21)15-8-12(5-6-14(15)16)11-3-2-4-13(20)7-11/h3-5,7-8,12-14H,1-2,6,9-11H2,(H2,25,27)(H,26,30);1-5,8-9,11,13H,6-7,10,12H2,(H2,23,24)(H,25,26);1-8H,9H2,(H2,22,24)(H2,23,28)(H,25,29);2-10H,1H3,(H2,21,23)(H2,22,25)(H,24,26)/t;;;10-/m...1/s1. The molecule has 113 heavy (non-hydrogen) atoms. The van der Waals surface area contributed by atoms with Crippen molar-refractivity contribution in [2.24, 2.45) is 17.4 Å². The van der Waals surface area contributed by atoms with Crippen molar-refractivity contribution in [3.8, 4) is 44.5 Å². The summed E-state index contributed by atoms with van der Waals surface area (Å²) in [7, 11) is 0. The van der Waals surface area contributed by atoms with Gasteiger partial charge in [-0.2, -0.15) is 4.98 Å². The molecule has 26 nitrogen and oxygen atoms in total. The van der Waals surface area contributed by atoms with Gasteiger partial charge in [-0.3, -0.25) is 33.6 Å². The fourth-order valence-electron chi connectivity index (χ4n) is 12.8. The number of nitrogen functional groups attached to an aromatic ring is 4. The number of carbonyl (C=O) groups excluding carboxylic acids is 7. The van der Waals surface area contributed by atoms with E-state index in [2.05, 4.69) is 55.9 Å². The van der Waals surface area contributed by atoms with Crippen molar-refractivity contribution in [3.63, 3.8) is 0 Å². The van der Waals surface area contributed by atoms with Crippen molar-refractivity contribution >= 4 is 108 Å². The van der Waals surface area contributed by atoms with Crippen molar-refractivity contribution < 1.29 is 60.4 Å². The van der Waals surface area contributed by atoms with Gasteiger partial charge >= 0.3 is 11.8 Å². The van der Waals surface area contributed by atoms with E-state index in [1.54, 1.807) is 83.8 Å². The molecule has 8 aromatic carbocycles. The van der Waals surface area contributed by atoms with Gasteiger partial charge in [0.2, 0.25) is 11.8 Å². The maximum Gasteiger partial charge on any atom is 0.315 e. The van der Waals surface area contributed by atoms with Crippen LogP contribution >= 0.6 is 0 Å². The zero-order valence-corrected chi connectivity index (χ0v) is 60.7. The molecule has 2 aliphatic heterocycles. The van der Waals surface area contributed by atoms with E-state index in [4.69, 9.17) is 39.1 Å². The Hall–Kier alpha value is -14.3. The molecule has 2 atom stereocenters. The molecule has 1 unspecified atom stereocenters. The lowest BCUT2D eigenvalue weighted by molar-refractivity contribution is -0.133. The van der Waals surface area contributed by atoms with Gasteiger partial charge in [0.1, 0.15) is 52.6 Å². The van der Waals surface area contributed by atoms with Crippen molar-refractivity contribution in [1.29, 1.82) is 0 Å². The number of carbonyl (C=O) groups is 7. The first-order valence-electron chi connectivity index (χ1n) is 35.6. The normalized spacial score (nSPS) is 13.3. The Morgan fingerprint density at radius 2 is 0.885 bits per heavy atom. The van der Waals surface area contributed by atoms with Gasteiger partial charge in [-0.15, -0.1) is 0 Å². The van der Waals surface area contributed by atoms with E-state index >= 15 is 0 Å². The second kappa shape index (κ2) is 35.4. The minimum Gasteiger partial charge on any atom is -0.383 e. The number of pyridine rings is 4. The summed E-state index contributed by atoms with van der Waals surface area (Å²) in [6.07, 6.45) is 9.14. The number of hydrogen-bond donors (Lipinski definition) is 10. The Kier molecular flexibility index (Phi) is 24.5. The number of ether oxygens (including phenoxy) is 1. The number of benzene rings is 8. The highest BCUT2D eigenvalue weighted by atomic mass is 19.1. The number of hydrogen-bond acceptors (Lipinski definition) is 19.